The first-order valence-electron chi connectivity index (χ1n) is 7.69. The summed E-state index contributed by atoms with van der Waals surface area (Å²) in [5.41, 5.74) is 2.91. The van der Waals surface area contributed by atoms with Crippen LogP contribution in [0.1, 0.15) is 30.4 Å². The Morgan fingerprint density at radius 3 is 2.48 bits per heavy atom. The molecule has 2 aromatic rings. The van der Waals surface area contributed by atoms with Crippen molar-refractivity contribution in [2.24, 2.45) is 5.16 Å². The fourth-order valence-electron chi connectivity index (χ4n) is 2.13. The molecule has 0 aliphatic heterocycles. The third-order valence-electron chi connectivity index (χ3n) is 3.45. The first-order chi connectivity index (χ1) is 11.3. The Bertz CT molecular complexity index is 682. The van der Waals surface area contributed by atoms with Crippen molar-refractivity contribution >= 4 is 5.71 Å². The second-order valence-electron chi connectivity index (χ2n) is 5.20. The summed E-state index contributed by atoms with van der Waals surface area (Å²) in [4.78, 5) is 5.50. The smallest absolute Gasteiger partial charge is 0.158 e. The normalized spacial score (nSPS) is 10.8. The van der Waals surface area contributed by atoms with Gasteiger partial charge in [-0.2, -0.15) is 5.26 Å². The quantitative estimate of drug-likeness (QED) is 0.396. The molecule has 3 heteroatoms. The van der Waals surface area contributed by atoms with Gasteiger partial charge in [0.25, 0.3) is 0 Å². The van der Waals surface area contributed by atoms with E-state index in [0.717, 1.165) is 31.4 Å². The number of aryl methyl sites for hydroxylation is 1. The highest BCUT2D eigenvalue weighted by Crippen LogP contribution is 2.13. The molecular formula is C20H20N2O. The summed E-state index contributed by atoms with van der Waals surface area (Å²) in [6.07, 6.45) is 5.40. The molecular weight excluding hydrogens is 284 g/mol. The molecule has 23 heavy (non-hydrogen) atoms. The van der Waals surface area contributed by atoms with E-state index in [0.29, 0.717) is 11.3 Å². The lowest BCUT2D eigenvalue weighted by Crippen LogP contribution is -2.03. The maximum Gasteiger partial charge on any atom is 0.158 e. The summed E-state index contributed by atoms with van der Waals surface area (Å²) < 4.78 is 0. The molecule has 0 unspecified atom stereocenters. The Kier molecular flexibility index (Phi) is 6.62. The van der Waals surface area contributed by atoms with Gasteiger partial charge in [-0.3, -0.25) is 0 Å². The Hall–Kier alpha value is -2.86. The van der Waals surface area contributed by atoms with Gasteiger partial charge in [-0.1, -0.05) is 41.6 Å². The van der Waals surface area contributed by atoms with Crippen LogP contribution < -0.4 is 4.84 Å². The minimum atomic E-state index is 0.609. The summed E-state index contributed by atoms with van der Waals surface area (Å²) in [5.74, 6) is 0.639. The standard InChI is InChI=1S/C20H20N2O/c1-2-3-9-19(13-10-17-7-5-4-6-8-17)22-23-20-14-11-18(16-21)12-15-20/h2,4-8,11-12,14-15H,1,3,9-10,13H2/b22-19+. The van der Waals surface area contributed by atoms with Crippen molar-refractivity contribution in [1.29, 1.82) is 5.26 Å². The zero-order valence-electron chi connectivity index (χ0n) is 13.1. The zero-order chi connectivity index (χ0) is 16.3. The monoisotopic (exact) mass is 304 g/mol. The highest BCUT2D eigenvalue weighted by atomic mass is 16.6. The molecule has 0 N–H and O–H groups in total. The van der Waals surface area contributed by atoms with Crippen molar-refractivity contribution in [2.45, 2.75) is 25.7 Å². The van der Waals surface area contributed by atoms with E-state index in [2.05, 4.69) is 29.9 Å². The molecule has 0 saturated heterocycles. The molecule has 2 aromatic carbocycles. The number of hydrogen-bond donors (Lipinski definition) is 0. The molecule has 0 aromatic heterocycles. The van der Waals surface area contributed by atoms with Crippen molar-refractivity contribution < 1.29 is 4.84 Å². The van der Waals surface area contributed by atoms with Crippen LogP contribution in [0.3, 0.4) is 0 Å². The second-order valence-corrected chi connectivity index (χ2v) is 5.20. The van der Waals surface area contributed by atoms with E-state index in [1.165, 1.54) is 5.56 Å². The minimum absolute atomic E-state index is 0.609. The van der Waals surface area contributed by atoms with Gasteiger partial charge in [0.05, 0.1) is 17.3 Å². The molecule has 0 saturated carbocycles. The molecule has 0 fully saturated rings. The molecule has 0 bridgehead atoms. The number of nitrogens with zero attached hydrogens (tertiary/aromatic N) is 2. The largest absolute Gasteiger partial charge is 0.357 e. The maximum absolute atomic E-state index is 8.79. The van der Waals surface area contributed by atoms with E-state index in [4.69, 9.17) is 10.1 Å². The number of rotatable bonds is 8. The van der Waals surface area contributed by atoms with E-state index in [1.807, 2.05) is 24.3 Å². The van der Waals surface area contributed by atoms with Crippen molar-refractivity contribution in [2.75, 3.05) is 0 Å². The summed E-state index contributed by atoms with van der Waals surface area (Å²) in [5, 5.41) is 13.1. The summed E-state index contributed by atoms with van der Waals surface area (Å²) in [7, 11) is 0. The fraction of sp³-hybridized carbons (Fsp3) is 0.200. The number of benzene rings is 2. The number of allylic oxidation sites excluding steroid dienone is 1. The van der Waals surface area contributed by atoms with Gasteiger partial charge in [-0.05, 0) is 55.5 Å². The lowest BCUT2D eigenvalue weighted by Gasteiger charge is -2.06. The fourth-order valence-corrected chi connectivity index (χ4v) is 2.13. The first-order valence-corrected chi connectivity index (χ1v) is 7.69. The molecule has 0 amide bonds. The predicted octanol–water partition coefficient (Wildman–Crippen LogP) is 4.89. The van der Waals surface area contributed by atoms with Crippen LogP contribution >= 0.6 is 0 Å². The molecule has 0 spiro atoms. The van der Waals surface area contributed by atoms with E-state index < -0.39 is 0 Å². The average molecular weight is 304 g/mol. The Morgan fingerprint density at radius 2 is 1.83 bits per heavy atom. The third kappa shape index (κ3) is 5.80. The summed E-state index contributed by atoms with van der Waals surface area (Å²) in [6, 6.07) is 19.4. The van der Waals surface area contributed by atoms with Gasteiger partial charge in [0.15, 0.2) is 5.75 Å². The van der Waals surface area contributed by atoms with Gasteiger partial charge < -0.3 is 4.84 Å². The van der Waals surface area contributed by atoms with Crippen LogP contribution in [0.5, 0.6) is 5.75 Å². The number of nitriles is 1. The Morgan fingerprint density at radius 1 is 1.09 bits per heavy atom. The van der Waals surface area contributed by atoms with Crippen LogP contribution in [-0.2, 0) is 6.42 Å². The number of oxime groups is 1. The SMILES string of the molecule is C=CCC/C(CCc1ccccc1)=N\Oc1ccc(C#N)cc1. The van der Waals surface area contributed by atoms with E-state index in [9.17, 15) is 0 Å². The molecule has 2 rings (SSSR count). The van der Waals surface area contributed by atoms with Crippen LogP contribution in [0.4, 0.5) is 0 Å². The van der Waals surface area contributed by atoms with Crippen molar-refractivity contribution in [1.82, 2.24) is 0 Å². The van der Waals surface area contributed by atoms with E-state index in [-0.39, 0.29) is 0 Å². The number of hydrogen-bond acceptors (Lipinski definition) is 3. The van der Waals surface area contributed by atoms with E-state index >= 15 is 0 Å². The lowest BCUT2D eigenvalue weighted by atomic mass is 10.0. The van der Waals surface area contributed by atoms with Crippen molar-refractivity contribution in [3.63, 3.8) is 0 Å². The molecule has 0 heterocycles. The van der Waals surface area contributed by atoms with Gasteiger partial charge in [0.1, 0.15) is 0 Å². The first kappa shape index (κ1) is 16.5. The van der Waals surface area contributed by atoms with Gasteiger partial charge in [-0.15, -0.1) is 6.58 Å². The maximum atomic E-state index is 8.79. The third-order valence-corrected chi connectivity index (χ3v) is 3.45. The van der Waals surface area contributed by atoms with Crippen LogP contribution in [0.15, 0.2) is 72.4 Å². The van der Waals surface area contributed by atoms with Gasteiger partial charge >= 0.3 is 0 Å². The topological polar surface area (TPSA) is 45.4 Å². The van der Waals surface area contributed by atoms with Gasteiger partial charge in [0.2, 0.25) is 0 Å². The van der Waals surface area contributed by atoms with Crippen molar-refractivity contribution in [3.8, 4) is 11.8 Å². The second kappa shape index (κ2) is 9.22. The van der Waals surface area contributed by atoms with Crippen LogP contribution in [0.25, 0.3) is 0 Å². The highest BCUT2D eigenvalue weighted by Gasteiger charge is 2.02. The lowest BCUT2D eigenvalue weighted by molar-refractivity contribution is 0.338. The van der Waals surface area contributed by atoms with Crippen LogP contribution in [0.2, 0.25) is 0 Å². The molecule has 0 atom stereocenters. The molecule has 0 aliphatic carbocycles. The molecule has 116 valence electrons. The predicted molar refractivity (Wildman–Crippen MR) is 93.4 cm³/mol. The summed E-state index contributed by atoms with van der Waals surface area (Å²) >= 11 is 0. The van der Waals surface area contributed by atoms with E-state index in [1.54, 1.807) is 24.3 Å². The van der Waals surface area contributed by atoms with Gasteiger partial charge in [-0.25, -0.2) is 0 Å². The average Bonchev–Trinajstić information content (AvgIpc) is 2.62. The molecule has 0 aliphatic rings. The Balaban J connectivity index is 1.98. The Labute approximate surface area is 137 Å². The van der Waals surface area contributed by atoms with Gasteiger partial charge in [0, 0.05) is 0 Å². The van der Waals surface area contributed by atoms with Crippen molar-refractivity contribution in [3.05, 3.63) is 78.4 Å². The molecule has 3 nitrogen and oxygen atoms in total. The van der Waals surface area contributed by atoms with Crippen LogP contribution in [0, 0.1) is 11.3 Å². The van der Waals surface area contributed by atoms with Crippen LogP contribution in [-0.4, -0.2) is 5.71 Å². The minimum Gasteiger partial charge on any atom is -0.357 e. The zero-order valence-corrected chi connectivity index (χ0v) is 13.1. The summed E-state index contributed by atoms with van der Waals surface area (Å²) in [6.45, 7) is 3.76. The highest BCUT2D eigenvalue weighted by molar-refractivity contribution is 5.84. The molecule has 0 radical (unpaired) electrons.